The van der Waals surface area contributed by atoms with Gasteiger partial charge in [0.15, 0.2) is 11.5 Å². The summed E-state index contributed by atoms with van der Waals surface area (Å²) in [7, 11) is 1.65. The molecule has 0 spiro atoms. The van der Waals surface area contributed by atoms with Gasteiger partial charge in [-0.25, -0.2) is 0 Å². The monoisotopic (exact) mass is 505 g/mol. The number of rotatable bonds is 9. The molecule has 0 aliphatic heterocycles. The third-order valence-corrected chi connectivity index (χ3v) is 7.33. The number of methoxy groups -OCH3 is 1. The Morgan fingerprint density at radius 3 is 2.08 bits per heavy atom. The Morgan fingerprint density at radius 1 is 0.737 bits per heavy atom. The number of hydrogen-bond acceptors (Lipinski definition) is 3. The zero-order valence-electron chi connectivity index (χ0n) is 22.0. The zero-order chi connectivity index (χ0) is 26.2. The lowest BCUT2D eigenvalue weighted by atomic mass is 9.93. The highest BCUT2D eigenvalue weighted by molar-refractivity contribution is 5.95. The van der Waals surface area contributed by atoms with E-state index in [1.165, 1.54) is 6.42 Å². The summed E-state index contributed by atoms with van der Waals surface area (Å²) in [6, 6.07) is 34.6. The van der Waals surface area contributed by atoms with Crippen LogP contribution < -0.4 is 9.47 Å². The topological polar surface area (TPSA) is 38.8 Å². The summed E-state index contributed by atoms with van der Waals surface area (Å²) < 4.78 is 11.7. The predicted molar refractivity (Wildman–Crippen MR) is 152 cm³/mol. The normalized spacial score (nSPS) is 13.6. The first-order chi connectivity index (χ1) is 18.7. The van der Waals surface area contributed by atoms with Crippen molar-refractivity contribution in [2.24, 2.45) is 0 Å². The Labute approximate surface area is 225 Å². The van der Waals surface area contributed by atoms with Crippen LogP contribution in [0.4, 0.5) is 0 Å². The quantitative estimate of drug-likeness (QED) is 0.232. The molecular formula is C34H35NO3. The van der Waals surface area contributed by atoms with Crippen LogP contribution >= 0.6 is 0 Å². The molecule has 0 aromatic heterocycles. The number of carbonyl (C=O) groups is 1. The molecule has 0 bridgehead atoms. The smallest absolute Gasteiger partial charge is 0.254 e. The molecule has 5 rings (SSSR count). The van der Waals surface area contributed by atoms with Crippen molar-refractivity contribution in [2.45, 2.75) is 51.3 Å². The highest BCUT2D eigenvalue weighted by Crippen LogP contribution is 2.32. The van der Waals surface area contributed by atoms with Crippen LogP contribution in [0.1, 0.15) is 53.6 Å². The number of nitrogens with zero attached hydrogens (tertiary/aromatic N) is 1. The van der Waals surface area contributed by atoms with Gasteiger partial charge in [0.1, 0.15) is 6.61 Å². The Bertz CT molecular complexity index is 1310. The molecular weight excluding hydrogens is 470 g/mol. The van der Waals surface area contributed by atoms with Crippen LogP contribution in [0.25, 0.3) is 11.1 Å². The standard InChI is InChI=1S/C34H35NO3/c1-37-32-22-17-27(23-33(32)38-25-26-11-5-2-6-12-26)24-35(31-15-9-4-10-16-31)34(36)30-20-18-29(19-21-30)28-13-7-3-8-14-28/h2-3,5-8,11-14,17-23,31H,4,9-10,15-16,24-25H2,1H3. The Balaban J connectivity index is 1.37. The molecule has 4 aromatic rings. The van der Waals surface area contributed by atoms with E-state index >= 15 is 0 Å². The van der Waals surface area contributed by atoms with Crippen molar-refractivity contribution in [3.8, 4) is 22.6 Å². The van der Waals surface area contributed by atoms with E-state index in [1.807, 2.05) is 91.0 Å². The second-order valence-electron chi connectivity index (χ2n) is 9.93. The Kier molecular flexibility index (Phi) is 8.39. The molecule has 1 fully saturated rings. The summed E-state index contributed by atoms with van der Waals surface area (Å²) in [5.74, 6) is 1.47. The highest BCUT2D eigenvalue weighted by Gasteiger charge is 2.27. The summed E-state index contributed by atoms with van der Waals surface area (Å²) in [6.07, 6.45) is 5.65. The average molecular weight is 506 g/mol. The van der Waals surface area contributed by atoms with Crippen LogP contribution in [-0.2, 0) is 13.2 Å². The molecule has 194 valence electrons. The SMILES string of the molecule is COc1ccc(CN(C(=O)c2ccc(-c3ccccc3)cc2)C2CCCCC2)cc1OCc1ccccc1. The molecule has 1 aliphatic rings. The van der Waals surface area contributed by atoms with Gasteiger partial charge in [-0.3, -0.25) is 4.79 Å². The van der Waals surface area contributed by atoms with Crippen molar-refractivity contribution in [1.82, 2.24) is 4.90 Å². The van der Waals surface area contributed by atoms with Crippen LogP contribution in [0.15, 0.2) is 103 Å². The fraction of sp³-hybridized carbons (Fsp3) is 0.265. The van der Waals surface area contributed by atoms with E-state index in [0.717, 1.165) is 53.5 Å². The molecule has 4 heteroatoms. The number of benzene rings is 4. The predicted octanol–water partition coefficient (Wildman–Crippen LogP) is 7.92. The van der Waals surface area contributed by atoms with Crippen LogP contribution in [0.2, 0.25) is 0 Å². The molecule has 38 heavy (non-hydrogen) atoms. The first kappa shape index (κ1) is 25.6. The van der Waals surface area contributed by atoms with E-state index in [0.29, 0.717) is 24.7 Å². The fourth-order valence-electron chi connectivity index (χ4n) is 5.23. The molecule has 1 saturated carbocycles. The number of carbonyl (C=O) groups excluding carboxylic acids is 1. The van der Waals surface area contributed by atoms with E-state index in [-0.39, 0.29) is 11.9 Å². The van der Waals surface area contributed by atoms with Gasteiger partial charge in [0.05, 0.1) is 7.11 Å². The van der Waals surface area contributed by atoms with E-state index in [1.54, 1.807) is 7.11 Å². The number of amides is 1. The summed E-state index contributed by atoms with van der Waals surface area (Å²) in [5, 5.41) is 0. The zero-order valence-corrected chi connectivity index (χ0v) is 22.0. The molecule has 0 atom stereocenters. The van der Waals surface area contributed by atoms with Crippen LogP contribution in [0, 0.1) is 0 Å². The largest absolute Gasteiger partial charge is 0.493 e. The van der Waals surface area contributed by atoms with Gasteiger partial charge in [-0.15, -0.1) is 0 Å². The first-order valence-electron chi connectivity index (χ1n) is 13.5. The molecule has 1 amide bonds. The van der Waals surface area contributed by atoms with Gasteiger partial charge >= 0.3 is 0 Å². The Hall–Kier alpha value is -4.05. The average Bonchev–Trinajstić information content (AvgIpc) is 3.00. The van der Waals surface area contributed by atoms with Crippen LogP contribution in [-0.4, -0.2) is 24.0 Å². The van der Waals surface area contributed by atoms with Crippen molar-refractivity contribution in [3.63, 3.8) is 0 Å². The molecule has 0 saturated heterocycles. The van der Waals surface area contributed by atoms with E-state index < -0.39 is 0 Å². The minimum absolute atomic E-state index is 0.0825. The molecule has 4 nitrogen and oxygen atoms in total. The van der Waals surface area contributed by atoms with Gasteiger partial charge in [-0.1, -0.05) is 98.1 Å². The van der Waals surface area contributed by atoms with Crippen molar-refractivity contribution in [2.75, 3.05) is 7.11 Å². The summed E-state index contributed by atoms with van der Waals surface area (Å²) in [5.41, 5.74) is 5.12. The highest BCUT2D eigenvalue weighted by atomic mass is 16.5. The van der Waals surface area contributed by atoms with Gasteiger partial charge < -0.3 is 14.4 Å². The third kappa shape index (κ3) is 6.25. The van der Waals surface area contributed by atoms with Crippen LogP contribution in [0.3, 0.4) is 0 Å². The van der Waals surface area contributed by atoms with E-state index in [9.17, 15) is 4.79 Å². The summed E-state index contributed by atoms with van der Waals surface area (Å²) in [4.78, 5) is 16.0. The van der Waals surface area contributed by atoms with Crippen molar-refractivity contribution >= 4 is 5.91 Å². The summed E-state index contributed by atoms with van der Waals surface area (Å²) in [6.45, 7) is 0.995. The maximum absolute atomic E-state index is 13.9. The Morgan fingerprint density at radius 2 is 1.39 bits per heavy atom. The van der Waals surface area contributed by atoms with Gasteiger partial charge in [-0.2, -0.15) is 0 Å². The molecule has 0 N–H and O–H groups in total. The maximum atomic E-state index is 13.9. The minimum atomic E-state index is 0.0825. The van der Waals surface area contributed by atoms with E-state index in [2.05, 4.69) is 17.0 Å². The number of hydrogen-bond donors (Lipinski definition) is 0. The first-order valence-corrected chi connectivity index (χ1v) is 13.5. The van der Waals surface area contributed by atoms with Gasteiger partial charge in [0, 0.05) is 18.2 Å². The molecule has 0 radical (unpaired) electrons. The van der Waals surface area contributed by atoms with Crippen molar-refractivity contribution in [3.05, 3.63) is 120 Å². The van der Waals surface area contributed by atoms with Gasteiger partial charge in [-0.05, 0) is 59.4 Å². The van der Waals surface area contributed by atoms with Gasteiger partial charge in [0.2, 0.25) is 0 Å². The number of ether oxygens (including phenoxy) is 2. The minimum Gasteiger partial charge on any atom is -0.493 e. The van der Waals surface area contributed by atoms with Crippen LogP contribution in [0.5, 0.6) is 11.5 Å². The van der Waals surface area contributed by atoms with Crippen molar-refractivity contribution in [1.29, 1.82) is 0 Å². The second kappa shape index (κ2) is 12.5. The lowest BCUT2D eigenvalue weighted by Gasteiger charge is -2.35. The molecule has 0 unspecified atom stereocenters. The van der Waals surface area contributed by atoms with E-state index in [4.69, 9.17) is 9.47 Å². The lowest BCUT2D eigenvalue weighted by molar-refractivity contribution is 0.0614. The molecule has 4 aromatic carbocycles. The molecule has 1 aliphatic carbocycles. The third-order valence-electron chi connectivity index (χ3n) is 7.33. The second-order valence-corrected chi connectivity index (χ2v) is 9.93. The lowest BCUT2D eigenvalue weighted by Crippen LogP contribution is -2.41. The summed E-state index contributed by atoms with van der Waals surface area (Å²) >= 11 is 0. The fourth-order valence-corrected chi connectivity index (χ4v) is 5.23. The van der Waals surface area contributed by atoms with Gasteiger partial charge in [0.25, 0.3) is 5.91 Å². The molecule has 0 heterocycles. The van der Waals surface area contributed by atoms with Crippen molar-refractivity contribution < 1.29 is 14.3 Å². The maximum Gasteiger partial charge on any atom is 0.254 e.